The molecular formula is C14H17NO2. The van der Waals surface area contributed by atoms with Gasteiger partial charge in [0.15, 0.2) is 0 Å². The number of unbranched alkanes of at least 4 members (excludes halogenated alkanes) is 1. The first-order valence-corrected chi connectivity index (χ1v) is 5.85. The van der Waals surface area contributed by atoms with E-state index in [9.17, 15) is 0 Å². The van der Waals surface area contributed by atoms with Gasteiger partial charge in [-0.15, -0.1) is 12.3 Å². The van der Waals surface area contributed by atoms with Crippen LogP contribution in [-0.2, 0) is 0 Å². The first-order valence-electron chi connectivity index (χ1n) is 5.85. The lowest BCUT2D eigenvalue weighted by Crippen LogP contribution is -2.17. The Morgan fingerprint density at radius 3 is 3.24 bits per heavy atom. The van der Waals surface area contributed by atoms with Gasteiger partial charge in [0.05, 0.1) is 12.6 Å². The Hall–Kier alpha value is -1.66. The summed E-state index contributed by atoms with van der Waals surface area (Å²) in [5, 5.41) is 3.21. The van der Waals surface area contributed by atoms with Crippen LogP contribution in [0.3, 0.4) is 0 Å². The van der Waals surface area contributed by atoms with Crippen LogP contribution in [0, 0.1) is 12.3 Å². The van der Waals surface area contributed by atoms with Gasteiger partial charge in [0.25, 0.3) is 0 Å². The fourth-order valence-electron chi connectivity index (χ4n) is 1.88. The van der Waals surface area contributed by atoms with Crippen LogP contribution in [0.4, 0.5) is 0 Å². The topological polar surface area (TPSA) is 30.5 Å². The first-order chi connectivity index (χ1) is 8.35. The number of terminal acetylenes is 1. The number of benzene rings is 1. The molecule has 3 heteroatoms. The van der Waals surface area contributed by atoms with E-state index >= 15 is 0 Å². The van der Waals surface area contributed by atoms with Crippen LogP contribution < -0.4 is 14.8 Å². The molecule has 0 bridgehead atoms. The summed E-state index contributed by atoms with van der Waals surface area (Å²) in [4.78, 5) is 0. The van der Waals surface area contributed by atoms with Gasteiger partial charge in [0.1, 0.15) is 18.1 Å². The van der Waals surface area contributed by atoms with Crippen LogP contribution in [0.15, 0.2) is 18.2 Å². The van der Waals surface area contributed by atoms with Crippen molar-refractivity contribution in [3.05, 3.63) is 23.8 Å². The highest BCUT2D eigenvalue weighted by Crippen LogP contribution is 2.34. The Morgan fingerprint density at radius 2 is 2.47 bits per heavy atom. The van der Waals surface area contributed by atoms with E-state index in [4.69, 9.17) is 15.9 Å². The summed E-state index contributed by atoms with van der Waals surface area (Å²) in [7, 11) is 1.94. The number of likely N-dealkylation sites (N-methyl/N-ethyl adjacent to an activating group) is 1. The van der Waals surface area contributed by atoms with Crippen molar-refractivity contribution in [3.8, 4) is 23.8 Å². The van der Waals surface area contributed by atoms with Crippen LogP contribution in [0.25, 0.3) is 0 Å². The van der Waals surface area contributed by atoms with E-state index in [2.05, 4.69) is 17.3 Å². The van der Waals surface area contributed by atoms with Crippen LogP contribution in [-0.4, -0.2) is 20.3 Å². The predicted octanol–water partition coefficient (Wildman–Crippen LogP) is 2.13. The van der Waals surface area contributed by atoms with Crippen LogP contribution in [0.5, 0.6) is 11.5 Å². The van der Waals surface area contributed by atoms with Gasteiger partial charge in [0, 0.05) is 18.1 Å². The molecule has 0 aliphatic carbocycles. The highest BCUT2D eigenvalue weighted by Gasteiger charge is 2.22. The zero-order chi connectivity index (χ0) is 12.1. The molecule has 1 aliphatic heterocycles. The lowest BCUT2D eigenvalue weighted by Gasteiger charge is -2.08. The Labute approximate surface area is 102 Å². The third-order valence-corrected chi connectivity index (χ3v) is 2.85. The average Bonchev–Trinajstić information content (AvgIpc) is 2.77. The Bertz CT molecular complexity index is 423. The molecule has 1 N–H and O–H groups in total. The highest BCUT2D eigenvalue weighted by atomic mass is 16.5. The molecule has 3 nitrogen and oxygen atoms in total. The van der Waals surface area contributed by atoms with Crippen LogP contribution >= 0.6 is 0 Å². The number of hydrogen-bond donors (Lipinski definition) is 1. The second kappa shape index (κ2) is 5.60. The molecule has 17 heavy (non-hydrogen) atoms. The maximum atomic E-state index is 5.61. The standard InChI is InChI=1S/C14H17NO2/c1-3-4-5-8-16-11-6-7-12-13(15-2)10-17-14(12)9-11/h1,6-7,9,13,15H,4-5,8,10H2,2H3. The molecule has 0 amide bonds. The van der Waals surface area contributed by atoms with E-state index in [1.54, 1.807) is 0 Å². The predicted molar refractivity (Wildman–Crippen MR) is 67.3 cm³/mol. The number of rotatable bonds is 5. The normalized spacial score (nSPS) is 17.1. The molecule has 0 saturated heterocycles. The molecule has 1 unspecified atom stereocenters. The van der Waals surface area contributed by atoms with Crippen LogP contribution in [0.2, 0.25) is 0 Å². The lowest BCUT2D eigenvalue weighted by molar-refractivity contribution is 0.303. The third-order valence-electron chi connectivity index (χ3n) is 2.85. The van der Waals surface area contributed by atoms with E-state index < -0.39 is 0 Å². The van der Waals surface area contributed by atoms with Crippen molar-refractivity contribution in [2.45, 2.75) is 18.9 Å². The van der Waals surface area contributed by atoms with E-state index in [0.29, 0.717) is 19.3 Å². The number of fused-ring (bicyclic) bond motifs is 1. The molecule has 1 heterocycles. The van der Waals surface area contributed by atoms with E-state index in [0.717, 1.165) is 24.3 Å². The smallest absolute Gasteiger partial charge is 0.127 e. The van der Waals surface area contributed by atoms with Crippen molar-refractivity contribution in [3.63, 3.8) is 0 Å². The summed E-state index contributed by atoms with van der Waals surface area (Å²) in [6.45, 7) is 1.34. The third kappa shape index (κ3) is 2.72. The maximum absolute atomic E-state index is 5.61. The quantitative estimate of drug-likeness (QED) is 0.622. The highest BCUT2D eigenvalue weighted by molar-refractivity contribution is 5.44. The monoisotopic (exact) mass is 231 g/mol. The molecule has 0 aromatic heterocycles. The zero-order valence-electron chi connectivity index (χ0n) is 10.0. The molecule has 1 aliphatic rings. The van der Waals surface area contributed by atoms with Crippen molar-refractivity contribution < 1.29 is 9.47 Å². The molecule has 0 fully saturated rings. The maximum Gasteiger partial charge on any atom is 0.127 e. The number of nitrogens with one attached hydrogen (secondary N) is 1. The second-order valence-electron chi connectivity index (χ2n) is 4.01. The minimum atomic E-state index is 0.292. The Kier molecular flexibility index (Phi) is 3.89. The summed E-state index contributed by atoms with van der Waals surface area (Å²) in [6, 6.07) is 6.27. The van der Waals surface area contributed by atoms with Crippen molar-refractivity contribution in [1.29, 1.82) is 0 Å². The van der Waals surface area contributed by atoms with Gasteiger partial charge in [-0.1, -0.05) is 0 Å². The molecular weight excluding hydrogens is 214 g/mol. The van der Waals surface area contributed by atoms with Gasteiger partial charge in [-0.2, -0.15) is 0 Å². The van der Waals surface area contributed by atoms with Gasteiger partial charge in [0.2, 0.25) is 0 Å². The summed E-state index contributed by atoms with van der Waals surface area (Å²) >= 11 is 0. The first kappa shape index (κ1) is 11.8. The molecule has 1 atom stereocenters. The largest absolute Gasteiger partial charge is 0.493 e. The van der Waals surface area contributed by atoms with Crippen molar-refractivity contribution >= 4 is 0 Å². The molecule has 2 rings (SSSR count). The molecule has 0 saturated carbocycles. The summed E-state index contributed by atoms with van der Waals surface area (Å²) in [5.74, 6) is 4.36. The van der Waals surface area contributed by atoms with Crippen molar-refractivity contribution in [1.82, 2.24) is 5.32 Å². The number of ether oxygens (including phenoxy) is 2. The summed E-state index contributed by atoms with van der Waals surface area (Å²) in [6.07, 6.45) is 6.82. The van der Waals surface area contributed by atoms with E-state index in [-0.39, 0.29) is 0 Å². The van der Waals surface area contributed by atoms with Gasteiger partial charge in [-0.05, 0) is 25.6 Å². The van der Waals surface area contributed by atoms with Crippen molar-refractivity contribution in [2.24, 2.45) is 0 Å². The molecule has 1 aromatic carbocycles. The molecule has 90 valence electrons. The van der Waals surface area contributed by atoms with E-state index in [1.165, 1.54) is 5.56 Å². The number of hydrogen-bond acceptors (Lipinski definition) is 3. The summed E-state index contributed by atoms with van der Waals surface area (Å²) in [5.41, 5.74) is 1.20. The minimum absolute atomic E-state index is 0.292. The molecule has 1 aromatic rings. The molecule has 0 radical (unpaired) electrons. The zero-order valence-corrected chi connectivity index (χ0v) is 10.0. The second-order valence-corrected chi connectivity index (χ2v) is 4.01. The SMILES string of the molecule is C#CCCCOc1ccc2c(c1)OCC2NC. The molecule has 0 spiro atoms. The van der Waals surface area contributed by atoms with Crippen molar-refractivity contribution in [2.75, 3.05) is 20.3 Å². The average molecular weight is 231 g/mol. The Balaban J connectivity index is 1.96. The van der Waals surface area contributed by atoms with Crippen LogP contribution in [0.1, 0.15) is 24.4 Å². The van der Waals surface area contributed by atoms with Gasteiger partial charge in [-0.3, -0.25) is 0 Å². The van der Waals surface area contributed by atoms with Gasteiger partial charge >= 0.3 is 0 Å². The van der Waals surface area contributed by atoms with E-state index in [1.807, 2.05) is 19.2 Å². The summed E-state index contributed by atoms with van der Waals surface area (Å²) < 4.78 is 11.2. The van der Waals surface area contributed by atoms with Gasteiger partial charge in [-0.25, -0.2) is 0 Å². The minimum Gasteiger partial charge on any atom is -0.493 e. The Morgan fingerprint density at radius 1 is 1.59 bits per heavy atom. The fraction of sp³-hybridized carbons (Fsp3) is 0.429. The fourth-order valence-corrected chi connectivity index (χ4v) is 1.88. The lowest BCUT2D eigenvalue weighted by atomic mass is 10.1. The van der Waals surface area contributed by atoms with Gasteiger partial charge < -0.3 is 14.8 Å².